The van der Waals surface area contributed by atoms with E-state index in [1.54, 1.807) is 32.1 Å². The van der Waals surface area contributed by atoms with Crippen LogP contribution in [0.15, 0.2) is 36.0 Å². The maximum atomic E-state index is 11.7. The van der Waals surface area contributed by atoms with Crippen LogP contribution >= 0.6 is 0 Å². The Hall–Kier alpha value is -2.37. The third-order valence-electron chi connectivity index (χ3n) is 3.11. The van der Waals surface area contributed by atoms with Crippen molar-refractivity contribution in [1.29, 1.82) is 0 Å². The molecule has 0 heterocycles. The highest BCUT2D eigenvalue weighted by atomic mass is 16.5. The molecule has 0 aromatic rings. The van der Waals surface area contributed by atoms with Gasteiger partial charge in [0, 0.05) is 11.6 Å². The summed E-state index contributed by atoms with van der Waals surface area (Å²) in [6, 6.07) is 0. The Bertz CT molecular complexity index is 515. The molecule has 1 aliphatic rings. The summed E-state index contributed by atoms with van der Waals surface area (Å²) in [5, 5.41) is 16.9. The maximum Gasteiger partial charge on any atom is 0.334 e. The quantitative estimate of drug-likeness (QED) is 0.442. The minimum Gasteiger partial charge on any atom is -0.481 e. The Kier molecular flexibility index (Phi) is 9.30. The van der Waals surface area contributed by atoms with Crippen LogP contribution < -0.4 is 0 Å². The number of carboxylic acids is 2. The Morgan fingerprint density at radius 2 is 2.00 bits per heavy atom. The number of unbranched alkanes of at least 4 members (excludes halogenated alkanes) is 1. The van der Waals surface area contributed by atoms with Gasteiger partial charge in [-0.25, -0.2) is 9.59 Å². The fourth-order valence-electron chi connectivity index (χ4n) is 1.72. The predicted molar refractivity (Wildman–Crippen MR) is 85.9 cm³/mol. The average molecular weight is 324 g/mol. The summed E-state index contributed by atoms with van der Waals surface area (Å²) in [6.07, 6.45) is 9.35. The van der Waals surface area contributed by atoms with Gasteiger partial charge >= 0.3 is 17.9 Å². The van der Waals surface area contributed by atoms with Gasteiger partial charge in [0.05, 0.1) is 12.0 Å². The Morgan fingerprint density at radius 1 is 1.35 bits per heavy atom. The zero-order chi connectivity index (χ0) is 17.9. The van der Waals surface area contributed by atoms with Crippen LogP contribution in [0, 0.1) is 5.41 Å². The van der Waals surface area contributed by atoms with Crippen molar-refractivity contribution in [1.82, 2.24) is 0 Å². The van der Waals surface area contributed by atoms with Crippen LogP contribution in [0.1, 0.15) is 40.0 Å². The Morgan fingerprint density at radius 3 is 2.43 bits per heavy atom. The van der Waals surface area contributed by atoms with E-state index < -0.39 is 23.3 Å². The van der Waals surface area contributed by atoms with E-state index in [-0.39, 0.29) is 6.42 Å². The van der Waals surface area contributed by atoms with Crippen molar-refractivity contribution in [2.45, 2.75) is 40.0 Å². The van der Waals surface area contributed by atoms with Gasteiger partial charge in [-0.15, -0.1) is 0 Å². The molecule has 128 valence electrons. The second-order valence-electron chi connectivity index (χ2n) is 5.28. The summed E-state index contributed by atoms with van der Waals surface area (Å²) in [6.45, 7) is 5.66. The molecule has 0 radical (unpaired) electrons. The van der Waals surface area contributed by atoms with Gasteiger partial charge in [-0.1, -0.05) is 37.6 Å². The van der Waals surface area contributed by atoms with Crippen molar-refractivity contribution in [3.8, 4) is 0 Å². The number of hydrogen-bond donors (Lipinski definition) is 2. The molecule has 1 rings (SSSR count). The van der Waals surface area contributed by atoms with Gasteiger partial charge in [-0.3, -0.25) is 4.79 Å². The molecular formula is C17H24O6. The molecule has 0 bridgehead atoms. The molecule has 0 saturated heterocycles. The Labute approximate surface area is 136 Å². The highest BCUT2D eigenvalue weighted by Gasteiger charge is 2.34. The largest absolute Gasteiger partial charge is 0.481 e. The van der Waals surface area contributed by atoms with Crippen molar-refractivity contribution in [3.05, 3.63) is 36.0 Å². The van der Waals surface area contributed by atoms with Gasteiger partial charge < -0.3 is 14.9 Å². The smallest absolute Gasteiger partial charge is 0.334 e. The SMILES string of the molecule is CC=CC(=O)O.CCCCOC(=O)C1=CC=CC(C)(C(=O)O)C1. The number of carbonyl (C=O) groups is 3. The molecule has 6 nitrogen and oxygen atoms in total. The van der Waals surface area contributed by atoms with Crippen molar-refractivity contribution in [2.24, 2.45) is 5.41 Å². The number of hydrogen-bond acceptors (Lipinski definition) is 4. The molecule has 6 heteroatoms. The minimum absolute atomic E-state index is 0.184. The van der Waals surface area contributed by atoms with E-state index in [1.807, 2.05) is 6.92 Å². The number of ether oxygens (including phenoxy) is 1. The number of aliphatic carboxylic acids is 2. The lowest BCUT2D eigenvalue weighted by atomic mass is 9.80. The molecule has 1 unspecified atom stereocenters. The van der Waals surface area contributed by atoms with Crippen LogP contribution in [0.4, 0.5) is 0 Å². The van der Waals surface area contributed by atoms with Crippen LogP contribution in [-0.2, 0) is 19.1 Å². The first-order valence-corrected chi connectivity index (χ1v) is 7.41. The van der Waals surface area contributed by atoms with Gasteiger partial charge in [-0.05, 0) is 26.7 Å². The molecule has 0 saturated carbocycles. The van der Waals surface area contributed by atoms with Gasteiger partial charge in [0.15, 0.2) is 0 Å². The summed E-state index contributed by atoms with van der Waals surface area (Å²) in [7, 11) is 0. The van der Waals surface area contributed by atoms with Crippen molar-refractivity contribution in [3.63, 3.8) is 0 Å². The summed E-state index contributed by atoms with van der Waals surface area (Å²) in [5.41, 5.74) is -0.582. The molecule has 0 aromatic heterocycles. The lowest BCUT2D eigenvalue weighted by Crippen LogP contribution is -2.29. The van der Waals surface area contributed by atoms with Crippen LogP contribution in [-0.4, -0.2) is 34.7 Å². The molecule has 0 fully saturated rings. The highest BCUT2D eigenvalue weighted by Crippen LogP contribution is 2.31. The summed E-state index contributed by atoms with van der Waals surface area (Å²) in [5.74, 6) is -2.23. The Balaban J connectivity index is 0.000000688. The monoisotopic (exact) mass is 324 g/mol. The van der Waals surface area contributed by atoms with Crippen LogP contribution in [0.2, 0.25) is 0 Å². The van der Waals surface area contributed by atoms with Gasteiger partial charge in [0.2, 0.25) is 0 Å². The lowest BCUT2D eigenvalue weighted by Gasteiger charge is -2.24. The molecule has 1 aliphatic carbocycles. The van der Waals surface area contributed by atoms with Crippen LogP contribution in [0.3, 0.4) is 0 Å². The molecule has 23 heavy (non-hydrogen) atoms. The summed E-state index contributed by atoms with van der Waals surface area (Å²) < 4.78 is 5.06. The van der Waals surface area contributed by atoms with E-state index in [0.717, 1.165) is 18.9 Å². The second-order valence-corrected chi connectivity index (χ2v) is 5.28. The first kappa shape index (κ1) is 20.6. The summed E-state index contributed by atoms with van der Waals surface area (Å²) in [4.78, 5) is 32.3. The number of carboxylic acid groups (broad SMARTS) is 2. The van der Waals surface area contributed by atoms with Crippen molar-refractivity contribution < 1.29 is 29.3 Å². The van der Waals surface area contributed by atoms with Crippen LogP contribution in [0.5, 0.6) is 0 Å². The van der Waals surface area contributed by atoms with E-state index in [1.165, 1.54) is 6.08 Å². The van der Waals surface area contributed by atoms with E-state index in [9.17, 15) is 14.4 Å². The average Bonchev–Trinajstić information content (AvgIpc) is 2.48. The molecule has 0 aliphatic heterocycles. The summed E-state index contributed by atoms with van der Waals surface area (Å²) >= 11 is 0. The van der Waals surface area contributed by atoms with E-state index in [2.05, 4.69) is 0 Å². The number of rotatable bonds is 6. The van der Waals surface area contributed by atoms with E-state index in [4.69, 9.17) is 14.9 Å². The fraction of sp³-hybridized carbons (Fsp3) is 0.471. The normalized spacial score (nSPS) is 19.5. The molecule has 0 spiro atoms. The predicted octanol–water partition coefficient (Wildman–Crippen LogP) is 2.95. The molecular weight excluding hydrogens is 300 g/mol. The highest BCUT2D eigenvalue weighted by molar-refractivity contribution is 5.91. The first-order chi connectivity index (χ1) is 10.8. The van der Waals surface area contributed by atoms with Crippen molar-refractivity contribution in [2.75, 3.05) is 6.61 Å². The van der Waals surface area contributed by atoms with Gasteiger partial charge in [0.1, 0.15) is 0 Å². The third kappa shape index (κ3) is 7.99. The number of carbonyl (C=O) groups excluding carboxylic acids is 1. The van der Waals surface area contributed by atoms with Crippen LogP contribution in [0.25, 0.3) is 0 Å². The lowest BCUT2D eigenvalue weighted by molar-refractivity contribution is -0.145. The van der Waals surface area contributed by atoms with E-state index in [0.29, 0.717) is 12.2 Å². The molecule has 2 N–H and O–H groups in total. The topological polar surface area (TPSA) is 101 Å². The van der Waals surface area contributed by atoms with Gasteiger partial charge in [0.25, 0.3) is 0 Å². The molecule has 1 atom stereocenters. The maximum absolute atomic E-state index is 11.7. The van der Waals surface area contributed by atoms with Crippen molar-refractivity contribution >= 4 is 17.9 Å². The first-order valence-electron chi connectivity index (χ1n) is 7.41. The standard InChI is InChI=1S/C13H18O4.C4H6O2/c1-3-4-8-17-11(14)10-6-5-7-13(2,9-10)12(15)16;1-2-3-4(5)6/h5-7H,3-4,8-9H2,1-2H3,(H,15,16);2-3H,1H3,(H,5,6). The zero-order valence-corrected chi connectivity index (χ0v) is 13.7. The number of esters is 1. The van der Waals surface area contributed by atoms with E-state index >= 15 is 0 Å². The molecule has 0 amide bonds. The fourth-order valence-corrected chi connectivity index (χ4v) is 1.72. The molecule has 0 aromatic carbocycles. The number of allylic oxidation sites excluding steroid dienone is 3. The minimum atomic E-state index is -1.01. The zero-order valence-electron chi connectivity index (χ0n) is 13.7. The second kappa shape index (κ2) is 10.4. The van der Waals surface area contributed by atoms with Gasteiger partial charge in [-0.2, -0.15) is 0 Å². The third-order valence-corrected chi connectivity index (χ3v) is 3.11.